The van der Waals surface area contributed by atoms with Crippen LogP contribution in [0.5, 0.6) is 5.75 Å². The predicted octanol–water partition coefficient (Wildman–Crippen LogP) is 3.25. The van der Waals surface area contributed by atoms with Gasteiger partial charge in [-0.15, -0.1) is 0 Å². The quantitative estimate of drug-likeness (QED) is 0.624. The van der Waals surface area contributed by atoms with Gasteiger partial charge in [-0.05, 0) is 36.4 Å². The van der Waals surface area contributed by atoms with Crippen LogP contribution >= 0.6 is 11.6 Å². The number of nitrogens with one attached hydrogen (secondary N) is 1. The Kier molecular flexibility index (Phi) is 5.27. The molecule has 0 radical (unpaired) electrons. The molecule has 0 bridgehead atoms. The van der Waals surface area contributed by atoms with Crippen molar-refractivity contribution in [3.8, 4) is 5.75 Å². The van der Waals surface area contributed by atoms with Crippen LogP contribution in [0.25, 0.3) is 0 Å². The van der Waals surface area contributed by atoms with E-state index >= 15 is 0 Å². The lowest BCUT2D eigenvalue weighted by molar-refractivity contribution is -0.384. The van der Waals surface area contributed by atoms with Gasteiger partial charge >= 0.3 is 0 Å². The molecule has 140 valence electrons. The number of halogens is 1. The standard InChI is InChI=1S/C18H16ClN3O5/c1-27-14-5-3-13(4-6-14)21-10-11(8-17(21)23)18(24)20-12-2-7-15(19)16(9-12)22(25)26/h2-7,9,11H,8,10H2,1H3,(H,20,24)/t11-/m0/s1. The number of benzene rings is 2. The van der Waals surface area contributed by atoms with Crippen molar-refractivity contribution in [1.82, 2.24) is 0 Å². The monoisotopic (exact) mass is 389 g/mol. The SMILES string of the molecule is COc1ccc(N2C[C@@H](C(=O)Nc3ccc(Cl)c([N+](=O)[O-])c3)CC2=O)cc1. The van der Waals surface area contributed by atoms with E-state index in [-0.39, 0.29) is 41.2 Å². The van der Waals surface area contributed by atoms with E-state index in [1.807, 2.05) is 0 Å². The van der Waals surface area contributed by atoms with Gasteiger partial charge in [-0.1, -0.05) is 11.6 Å². The van der Waals surface area contributed by atoms with E-state index in [4.69, 9.17) is 16.3 Å². The molecule has 0 aliphatic carbocycles. The van der Waals surface area contributed by atoms with E-state index in [2.05, 4.69) is 5.32 Å². The molecule has 9 heteroatoms. The van der Waals surface area contributed by atoms with Crippen molar-refractivity contribution in [3.63, 3.8) is 0 Å². The molecular weight excluding hydrogens is 374 g/mol. The van der Waals surface area contributed by atoms with Crippen molar-refractivity contribution in [2.24, 2.45) is 5.92 Å². The highest BCUT2D eigenvalue weighted by Gasteiger charge is 2.35. The third-order valence-corrected chi connectivity index (χ3v) is 4.61. The van der Waals surface area contributed by atoms with Crippen molar-refractivity contribution >= 4 is 40.5 Å². The second kappa shape index (κ2) is 7.63. The summed E-state index contributed by atoms with van der Waals surface area (Å²) in [6.45, 7) is 0.229. The zero-order valence-electron chi connectivity index (χ0n) is 14.3. The third kappa shape index (κ3) is 4.01. The van der Waals surface area contributed by atoms with Gasteiger partial charge in [0.15, 0.2) is 0 Å². The molecule has 1 aliphatic rings. The Labute approximate surface area is 159 Å². The van der Waals surface area contributed by atoms with Gasteiger partial charge in [-0.25, -0.2) is 0 Å². The van der Waals surface area contributed by atoms with Gasteiger partial charge in [0.2, 0.25) is 11.8 Å². The van der Waals surface area contributed by atoms with Crippen LogP contribution in [0.4, 0.5) is 17.1 Å². The molecule has 1 atom stereocenters. The number of nitrogens with zero attached hydrogens (tertiary/aromatic N) is 2. The lowest BCUT2D eigenvalue weighted by Gasteiger charge is -2.17. The summed E-state index contributed by atoms with van der Waals surface area (Å²) in [5.41, 5.74) is 0.640. The maximum Gasteiger partial charge on any atom is 0.289 e. The number of carbonyl (C=O) groups is 2. The average Bonchev–Trinajstić information content (AvgIpc) is 3.05. The molecule has 0 aromatic heterocycles. The second-order valence-electron chi connectivity index (χ2n) is 6.02. The van der Waals surface area contributed by atoms with Crippen molar-refractivity contribution in [2.45, 2.75) is 6.42 Å². The summed E-state index contributed by atoms with van der Waals surface area (Å²) in [7, 11) is 1.55. The molecule has 1 fully saturated rings. The minimum absolute atomic E-state index is 0.0141. The maximum absolute atomic E-state index is 12.5. The highest BCUT2D eigenvalue weighted by atomic mass is 35.5. The fourth-order valence-corrected chi connectivity index (χ4v) is 3.06. The van der Waals surface area contributed by atoms with E-state index < -0.39 is 10.8 Å². The Morgan fingerprint density at radius 2 is 2.00 bits per heavy atom. The fraction of sp³-hybridized carbons (Fsp3) is 0.222. The minimum atomic E-state index is -0.623. The van der Waals surface area contributed by atoms with E-state index in [1.54, 1.807) is 31.4 Å². The van der Waals surface area contributed by atoms with Crippen molar-refractivity contribution in [2.75, 3.05) is 23.9 Å². The number of rotatable bonds is 5. The number of amides is 2. The Morgan fingerprint density at radius 3 is 2.63 bits per heavy atom. The summed E-state index contributed by atoms with van der Waals surface area (Å²) in [6, 6.07) is 11.0. The van der Waals surface area contributed by atoms with Crippen LogP contribution in [-0.2, 0) is 9.59 Å². The smallest absolute Gasteiger partial charge is 0.289 e. The molecule has 2 aromatic carbocycles. The number of nitro benzene ring substituents is 1. The Bertz CT molecular complexity index is 900. The van der Waals surface area contributed by atoms with Gasteiger partial charge in [0.25, 0.3) is 5.69 Å². The summed E-state index contributed by atoms with van der Waals surface area (Å²) < 4.78 is 5.09. The number of nitro groups is 1. The first-order valence-corrected chi connectivity index (χ1v) is 8.46. The largest absolute Gasteiger partial charge is 0.497 e. The number of carbonyl (C=O) groups excluding carboxylic acids is 2. The lowest BCUT2D eigenvalue weighted by atomic mass is 10.1. The van der Waals surface area contributed by atoms with Crippen LogP contribution in [-0.4, -0.2) is 30.4 Å². The highest BCUT2D eigenvalue weighted by Crippen LogP contribution is 2.30. The minimum Gasteiger partial charge on any atom is -0.497 e. The van der Waals surface area contributed by atoms with Crippen LogP contribution in [0, 0.1) is 16.0 Å². The zero-order valence-corrected chi connectivity index (χ0v) is 15.1. The van der Waals surface area contributed by atoms with Gasteiger partial charge in [0.05, 0.1) is 18.0 Å². The van der Waals surface area contributed by atoms with Gasteiger partial charge < -0.3 is 15.0 Å². The molecule has 1 saturated heterocycles. The Morgan fingerprint density at radius 1 is 1.30 bits per heavy atom. The van der Waals surface area contributed by atoms with E-state index in [1.165, 1.54) is 23.1 Å². The summed E-state index contributed by atoms with van der Waals surface area (Å²) in [6.07, 6.45) is 0.0630. The van der Waals surface area contributed by atoms with Crippen LogP contribution in [0.15, 0.2) is 42.5 Å². The summed E-state index contributed by atoms with van der Waals surface area (Å²) in [5, 5.41) is 13.6. The normalized spacial score (nSPS) is 16.3. The zero-order chi connectivity index (χ0) is 19.6. The number of methoxy groups -OCH3 is 1. The number of ether oxygens (including phenoxy) is 1. The number of hydrogen-bond acceptors (Lipinski definition) is 5. The first-order chi connectivity index (χ1) is 12.9. The van der Waals surface area contributed by atoms with E-state index in [9.17, 15) is 19.7 Å². The number of hydrogen-bond donors (Lipinski definition) is 1. The molecule has 0 saturated carbocycles. The van der Waals surface area contributed by atoms with Gasteiger partial charge in [-0.3, -0.25) is 19.7 Å². The first kappa shape index (κ1) is 18.7. The molecule has 1 aliphatic heterocycles. The van der Waals surface area contributed by atoms with Gasteiger partial charge in [-0.2, -0.15) is 0 Å². The predicted molar refractivity (Wildman–Crippen MR) is 100 cm³/mol. The van der Waals surface area contributed by atoms with Crippen LogP contribution in [0.3, 0.4) is 0 Å². The lowest BCUT2D eigenvalue weighted by Crippen LogP contribution is -2.28. The van der Waals surface area contributed by atoms with E-state index in [0.717, 1.165) is 0 Å². The fourth-order valence-electron chi connectivity index (χ4n) is 2.87. The molecule has 2 amide bonds. The Hall–Kier alpha value is -3.13. The Balaban J connectivity index is 1.70. The molecule has 2 aromatic rings. The van der Waals surface area contributed by atoms with Gasteiger partial charge in [0.1, 0.15) is 10.8 Å². The van der Waals surface area contributed by atoms with Crippen molar-refractivity contribution < 1.29 is 19.2 Å². The first-order valence-electron chi connectivity index (χ1n) is 8.08. The summed E-state index contributed by atoms with van der Waals surface area (Å²) in [4.78, 5) is 36.6. The summed E-state index contributed by atoms with van der Waals surface area (Å²) in [5.74, 6) is -0.434. The highest BCUT2D eigenvalue weighted by molar-refractivity contribution is 6.32. The summed E-state index contributed by atoms with van der Waals surface area (Å²) >= 11 is 5.77. The van der Waals surface area contributed by atoms with Crippen LogP contribution in [0.2, 0.25) is 5.02 Å². The van der Waals surface area contributed by atoms with E-state index in [0.29, 0.717) is 11.4 Å². The molecule has 27 heavy (non-hydrogen) atoms. The average molecular weight is 390 g/mol. The molecule has 1 N–H and O–H groups in total. The topological polar surface area (TPSA) is 102 Å². The number of anilines is 2. The van der Waals surface area contributed by atoms with Crippen LogP contribution < -0.4 is 15.0 Å². The van der Waals surface area contributed by atoms with Gasteiger partial charge in [0, 0.05) is 30.4 Å². The molecule has 0 unspecified atom stereocenters. The third-order valence-electron chi connectivity index (χ3n) is 4.29. The van der Waals surface area contributed by atoms with Crippen molar-refractivity contribution in [1.29, 1.82) is 0 Å². The van der Waals surface area contributed by atoms with Crippen LogP contribution in [0.1, 0.15) is 6.42 Å². The molecule has 8 nitrogen and oxygen atoms in total. The van der Waals surface area contributed by atoms with Crippen molar-refractivity contribution in [3.05, 3.63) is 57.6 Å². The molecule has 0 spiro atoms. The molecule has 3 rings (SSSR count). The molecular formula is C18H16ClN3O5. The maximum atomic E-state index is 12.5. The molecule has 1 heterocycles. The second-order valence-corrected chi connectivity index (χ2v) is 6.42.